The summed E-state index contributed by atoms with van der Waals surface area (Å²) >= 11 is 0. The number of rotatable bonds is 4. The van der Waals surface area contributed by atoms with Gasteiger partial charge in [-0.2, -0.15) is 13.2 Å². The van der Waals surface area contributed by atoms with Crippen molar-refractivity contribution in [2.24, 2.45) is 0 Å². The number of aliphatic hydroxyl groups excluding tert-OH is 1. The molecule has 3 aromatic rings. The maximum atomic E-state index is 13.4. The molecule has 0 spiro atoms. The maximum absolute atomic E-state index is 13.4. The lowest BCUT2D eigenvalue weighted by Crippen LogP contribution is -2.30. The van der Waals surface area contributed by atoms with Crippen molar-refractivity contribution in [3.8, 4) is 0 Å². The van der Waals surface area contributed by atoms with Gasteiger partial charge in [-0.15, -0.1) is 0 Å². The second-order valence-corrected chi connectivity index (χ2v) is 8.12. The Hall–Kier alpha value is -3.87. The molecule has 1 saturated heterocycles. The molecule has 0 saturated carbocycles. The zero-order valence-corrected chi connectivity index (χ0v) is 18.6. The summed E-state index contributed by atoms with van der Waals surface area (Å²) in [4.78, 5) is 27.4. The van der Waals surface area contributed by atoms with Crippen LogP contribution in [0.3, 0.4) is 0 Å². The Kier molecular flexibility index (Phi) is 6.04. The van der Waals surface area contributed by atoms with E-state index in [1.165, 1.54) is 12.1 Å². The van der Waals surface area contributed by atoms with E-state index >= 15 is 0 Å². The lowest BCUT2D eigenvalue weighted by atomic mass is 9.92. The van der Waals surface area contributed by atoms with Crippen LogP contribution in [-0.4, -0.2) is 16.8 Å². The predicted octanol–water partition coefficient (Wildman–Crippen LogP) is 6.20. The van der Waals surface area contributed by atoms with Crippen LogP contribution in [0.5, 0.6) is 0 Å². The predicted molar refractivity (Wildman–Crippen MR) is 123 cm³/mol. The van der Waals surface area contributed by atoms with Gasteiger partial charge in [-0.1, -0.05) is 61.5 Å². The van der Waals surface area contributed by atoms with Crippen LogP contribution in [0, 0.1) is 6.92 Å². The van der Waals surface area contributed by atoms with Gasteiger partial charge in [-0.25, -0.2) is 0 Å². The number of hydrogen-bond donors (Lipinski definition) is 1. The van der Waals surface area contributed by atoms with Gasteiger partial charge in [0.05, 0.1) is 17.2 Å². The molecule has 0 aromatic heterocycles. The summed E-state index contributed by atoms with van der Waals surface area (Å²) in [6.45, 7) is 3.76. The first kappa shape index (κ1) is 23.3. The summed E-state index contributed by atoms with van der Waals surface area (Å²) in [6.07, 6.45) is -3.84. The molecular weight excluding hydrogens is 443 g/mol. The minimum Gasteiger partial charge on any atom is -0.507 e. The van der Waals surface area contributed by atoms with Gasteiger partial charge in [0.15, 0.2) is 0 Å². The molecule has 0 bridgehead atoms. The summed E-state index contributed by atoms with van der Waals surface area (Å²) in [6, 6.07) is 17.1. The van der Waals surface area contributed by atoms with Crippen molar-refractivity contribution >= 4 is 23.1 Å². The minimum absolute atomic E-state index is 0.0782. The number of amides is 1. The molecule has 174 valence electrons. The fraction of sp³-hybridized carbons (Fsp3) is 0.185. The van der Waals surface area contributed by atoms with Crippen LogP contribution >= 0.6 is 0 Å². The molecule has 4 nitrogen and oxygen atoms in total. The normalized spacial score (nSPS) is 17.9. The maximum Gasteiger partial charge on any atom is 0.416 e. The van der Waals surface area contributed by atoms with E-state index in [0.717, 1.165) is 34.6 Å². The molecule has 1 heterocycles. The van der Waals surface area contributed by atoms with Crippen LogP contribution in [0.1, 0.15) is 40.8 Å². The number of halogens is 3. The second-order valence-electron chi connectivity index (χ2n) is 8.12. The molecule has 3 aromatic carbocycles. The van der Waals surface area contributed by atoms with Crippen molar-refractivity contribution < 1.29 is 27.9 Å². The number of aryl methyl sites for hydroxylation is 2. The molecule has 7 heteroatoms. The molecule has 1 unspecified atom stereocenters. The zero-order valence-electron chi connectivity index (χ0n) is 18.6. The molecule has 0 aliphatic carbocycles. The summed E-state index contributed by atoms with van der Waals surface area (Å²) in [7, 11) is 0. The minimum atomic E-state index is -4.62. The molecule has 0 radical (unpaired) electrons. The van der Waals surface area contributed by atoms with Gasteiger partial charge < -0.3 is 5.11 Å². The number of benzene rings is 3. The van der Waals surface area contributed by atoms with Gasteiger partial charge in [0, 0.05) is 11.3 Å². The summed E-state index contributed by atoms with van der Waals surface area (Å²) in [5, 5.41) is 11.1. The average molecular weight is 465 g/mol. The van der Waals surface area contributed by atoms with E-state index in [9.17, 15) is 27.9 Å². The Morgan fingerprint density at radius 3 is 2.26 bits per heavy atom. The quantitative estimate of drug-likeness (QED) is 0.283. The first-order valence-electron chi connectivity index (χ1n) is 10.8. The molecule has 34 heavy (non-hydrogen) atoms. The topological polar surface area (TPSA) is 57.6 Å². The molecule has 1 amide bonds. The highest BCUT2D eigenvalue weighted by atomic mass is 19.4. The summed E-state index contributed by atoms with van der Waals surface area (Å²) in [5.41, 5.74) is 1.44. The fourth-order valence-electron chi connectivity index (χ4n) is 4.17. The van der Waals surface area contributed by atoms with Gasteiger partial charge in [0.25, 0.3) is 11.7 Å². The molecule has 4 rings (SSSR count). The highest BCUT2D eigenvalue weighted by Gasteiger charge is 2.47. The van der Waals surface area contributed by atoms with Crippen molar-refractivity contribution in [3.05, 3.63) is 106 Å². The Labute approximate surface area is 195 Å². The van der Waals surface area contributed by atoms with Crippen molar-refractivity contribution in [3.63, 3.8) is 0 Å². The molecular formula is C27H22F3NO3. The molecule has 1 atom stereocenters. The van der Waals surface area contributed by atoms with Gasteiger partial charge in [-0.05, 0) is 48.2 Å². The number of carbonyl (C=O) groups is 2. The average Bonchev–Trinajstić information content (AvgIpc) is 3.08. The molecule has 1 aliphatic rings. The van der Waals surface area contributed by atoms with Crippen molar-refractivity contribution in [2.45, 2.75) is 32.5 Å². The Balaban J connectivity index is 1.95. The third kappa shape index (κ3) is 4.09. The number of nitrogens with zero attached hydrogens (tertiary/aromatic N) is 1. The fourth-order valence-corrected chi connectivity index (χ4v) is 4.17. The van der Waals surface area contributed by atoms with Crippen LogP contribution in [0.25, 0.3) is 5.76 Å². The van der Waals surface area contributed by atoms with E-state index in [-0.39, 0.29) is 17.0 Å². The highest BCUT2D eigenvalue weighted by molar-refractivity contribution is 6.51. The lowest BCUT2D eigenvalue weighted by molar-refractivity contribution is -0.137. The molecule has 1 N–H and O–H groups in total. The Bertz CT molecular complexity index is 1290. The number of aliphatic hydroxyl groups is 1. The largest absolute Gasteiger partial charge is 0.507 e. The van der Waals surface area contributed by atoms with Crippen LogP contribution in [-0.2, 0) is 22.2 Å². The van der Waals surface area contributed by atoms with Crippen LogP contribution in [0.2, 0.25) is 0 Å². The zero-order chi connectivity index (χ0) is 24.6. The monoisotopic (exact) mass is 465 g/mol. The lowest BCUT2D eigenvalue weighted by Gasteiger charge is -2.27. The second kappa shape index (κ2) is 8.82. The third-order valence-electron chi connectivity index (χ3n) is 6.01. The van der Waals surface area contributed by atoms with E-state index < -0.39 is 29.5 Å². The van der Waals surface area contributed by atoms with E-state index in [4.69, 9.17) is 0 Å². The Morgan fingerprint density at radius 1 is 0.971 bits per heavy atom. The number of ketones is 1. The van der Waals surface area contributed by atoms with Gasteiger partial charge in [0.2, 0.25) is 0 Å². The van der Waals surface area contributed by atoms with Gasteiger partial charge >= 0.3 is 6.18 Å². The van der Waals surface area contributed by atoms with E-state index in [0.29, 0.717) is 11.1 Å². The summed E-state index contributed by atoms with van der Waals surface area (Å²) < 4.78 is 40.1. The van der Waals surface area contributed by atoms with Crippen molar-refractivity contribution in [1.82, 2.24) is 0 Å². The standard InChI is InChI=1S/C27H22F3NO3/c1-3-17-11-13-18(14-12-17)24(32)22-23(21-10-5-4-7-16(21)2)31(26(34)25(22)33)20-9-6-8-19(15-20)27(28,29)30/h4-15,23,32H,3H2,1-2H3/b24-22+. The number of Topliss-reactive ketones (excluding diaryl/α,β-unsaturated/α-hetero) is 1. The van der Waals surface area contributed by atoms with E-state index in [2.05, 4.69) is 0 Å². The van der Waals surface area contributed by atoms with E-state index in [1.807, 2.05) is 6.92 Å². The first-order valence-corrected chi connectivity index (χ1v) is 10.8. The Morgan fingerprint density at radius 2 is 1.65 bits per heavy atom. The van der Waals surface area contributed by atoms with Gasteiger partial charge in [0.1, 0.15) is 5.76 Å². The van der Waals surface area contributed by atoms with Gasteiger partial charge in [-0.3, -0.25) is 14.5 Å². The molecule has 1 aliphatic heterocycles. The highest BCUT2D eigenvalue weighted by Crippen LogP contribution is 2.44. The SMILES string of the molecule is CCc1ccc(/C(O)=C2\C(=O)C(=O)N(c3cccc(C(F)(F)F)c3)C2c2ccccc2C)cc1. The smallest absolute Gasteiger partial charge is 0.416 e. The first-order chi connectivity index (χ1) is 16.1. The van der Waals surface area contributed by atoms with Crippen LogP contribution in [0.4, 0.5) is 18.9 Å². The third-order valence-corrected chi connectivity index (χ3v) is 6.01. The number of anilines is 1. The van der Waals surface area contributed by atoms with E-state index in [1.54, 1.807) is 55.5 Å². The van der Waals surface area contributed by atoms with Crippen molar-refractivity contribution in [1.29, 1.82) is 0 Å². The number of carbonyl (C=O) groups excluding carboxylic acids is 2. The van der Waals surface area contributed by atoms with Crippen LogP contribution in [0.15, 0.2) is 78.4 Å². The molecule has 1 fully saturated rings. The van der Waals surface area contributed by atoms with Crippen molar-refractivity contribution in [2.75, 3.05) is 4.90 Å². The van der Waals surface area contributed by atoms with Crippen LogP contribution < -0.4 is 4.90 Å². The number of hydrogen-bond acceptors (Lipinski definition) is 3. The summed E-state index contributed by atoms with van der Waals surface area (Å²) in [5.74, 6) is -2.33. The number of alkyl halides is 3.